The van der Waals surface area contributed by atoms with Crippen molar-refractivity contribution in [2.24, 2.45) is 7.05 Å². The second-order valence-electron chi connectivity index (χ2n) is 5.23. The van der Waals surface area contributed by atoms with Gasteiger partial charge in [-0.1, -0.05) is 18.2 Å². The molecular weight excluding hydrogens is 274 g/mol. The number of fused-ring (bicyclic) bond motifs is 3. The van der Waals surface area contributed by atoms with Crippen LogP contribution in [0.15, 0.2) is 54.7 Å². The number of nitrogens with zero attached hydrogens (tertiary/aromatic N) is 3. The Labute approximate surface area is 128 Å². The van der Waals surface area contributed by atoms with Gasteiger partial charge in [0.2, 0.25) is 0 Å². The van der Waals surface area contributed by atoms with Crippen LogP contribution in [0.3, 0.4) is 0 Å². The van der Waals surface area contributed by atoms with Gasteiger partial charge in [0.1, 0.15) is 11.3 Å². The van der Waals surface area contributed by atoms with Gasteiger partial charge >= 0.3 is 0 Å². The van der Waals surface area contributed by atoms with Gasteiger partial charge in [0, 0.05) is 18.0 Å². The average Bonchev–Trinajstić information content (AvgIpc) is 2.88. The SMILES string of the molecule is COc1ccc(-c2cnc3c(n2)c2ccccc2n3C)cc1. The number of rotatable bonds is 2. The first-order chi connectivity index (χ1) is 10.8. The molecule has 0 spiro atoms. The normalized spacial score (nSPS) is 11.2. The highest BCUT2D eigenvalue weighted by Crippen LogP contribution is 2.28. The molecule has 0 N–H and O–H groups in total. The van der Waals surface area contributed by atoms with Crippen LogP contribution in [0.1, 0.15) is 0 Å². The van der Waals surface area contributed by atoms with Crippen LogP contribution >= 0.6 is 0 Å². The Morgan fingerprint density at radius 2 is 1.77 bits per heavy atom. The Kier molecular flexibility index (Phi) is 2.82. The molecule has 22 heavy (non-hydrogen) atoms. The third-order valence-electron chi connectivity index (χ3n) is 3.98. The van der Waals surface area contributed by atoms with Crippen LogP contribution in [0.2, 0.25) is 0 Å². The minimum absolute atomic E-state index is 0.836. The van der Waals surface area contributed by atoms with Crippen LogP contribution in [-0.4, -0.2) is 21.6 Å². The van der Waals surface area contributed by atoms with Gasteiger partial charge in [-0.05, 0) is 30.3 Å². The maximum absolute atomic E-state index is 5.20. The number of para-hydroxylation sites is 1. The number of aryl methyl sites for hydroxylation is 1. The fraction of sp³-hybridized carbons (Fsp3) is 0.111. The maximum atomic E-state index is 5.20. The Hall–Kier alpha value is -2.88. The molecule has 0 saturated carbocycles. The minimum Gasteiger partial charge on any atom is -0.497 e. The molecule has 2 aromatic heterocycles. The van der Waals surface area contributed by atoms with Crippen LogP contribution in [-0.2, 0) is 7.05 Å². The zero-order chi connectivity index (χ0) is 15.1. The molecule has 0 amide bonds. The molecule has 0 bridgehead atoms. The molecule has 4 rings (SSSR count). The van der Waals surface area contributed by atoms with Crippen LogP contribution in [0.5, 0.6) is 5.75 Å². The summed E-state index contributed by atoms with van der Waals surface area (Å²) in [6.07, 6.45) is 1.82. The van der Waals surface area contributed by atoms with E-state index in [9.17, 15) is 0 Å². The largest absolute Gasteiger partial charge is 0.497 e. The van der Waals surface area contributed by atoms with E-state index >= 15 is 0 Å². The fourth-order valence-corrected chi connectivity index (χ4v) is 2.79. The summed E-state index contributed by atoms with van der Waals surface area (Å²) in [5, 5.41) is 1.13. The number of methoxy groups -OCH3 is 1. The van der Waals surface area contributed by atoms with Crippen LogP contribution in [0.4, 0.5) is 0 Å². The second-order valence-corrected chi connectivity index (χ2v) is 5.23. The van der Waals surface area contributed by atoms with Gasteiger partial charge in [-0.25, -0.2) is 9.97 Å². The standard InChI is InChI=1S/C18H15N3O/c1-21-16-6-4-3-5-14(16)17-18(21)19-11-15(20-17)12-7-9-13(22-2)10-8-12/h3-11H,1-2H3. The lowest BCUT2D eigenvalue weighted by Crippen LogP contribution is -1.92. The fourth-order valence-electron chi connectivity index (χ4n) is 2.79. The lowest BCUT2D eigenvalue weighted by molar-refractivity contribution is 0.415. The van der Waals surface area contributed by atoms with Crippen molar-refractivity contribution in [1.82, 2.24) is 14.5 Å². The quantitative estimate of drug-likeness (QED) is 0.563. The maximum Gasteiger partial charge on any atom is 0.159 e. The second kappa shape index (κ2) is 4.84. The highest BCUT2D eigenvalue weighted by atomic mass is 16.5. The van der Waals surface area contributed by atoms with Crippen molar-refractivity contribution in [2.45, 2.75) is 0 Å². The van der Waals surface area contributed by atoms with E-state index in [1.54, 1.807) is 7.11 Å². The molecular formula is C18H15N3O. The van der Waals surface area contributed by atoms with E-state index in [1.807, 2.05) is 49.6 Å². The van der Waals surface area contributed by atoms with E-state index in [0.717, 1.165) is 39.1 Å². The van der Waals surface area contributed by atoms with Gasteiger partial charge in [-0.3, -0.25) is 0 Å². The van der Waals surface area contributed by atoms with Gasteiger partial charge in [0.05, 0.1) is 24.5 Å². The van der Waals surface area contributed by atoms with Gasteiger partial charge < -0.3 is 9.30 Å². The zero-order valence-electron chi connectivity index (χ0n) is 12.4. The first-order valence-corrected chi connectivity index (χ1v) is 7.12. The van der Waals surface area contributed by atoms with Crippen molar-refractivity contribution in [3.63, 3.8) is 0 Å². The molecule has 0 fully saturated rings. The summed E-state index contributed by atoms with van der Waals surface area (Å²) in [6.45, 7) is 0. The molecule has 0 atom stereocenters. The van der Waals surface area contributed by atoms with E-state index < -0.39 is 0 Å². The molecule has 0 saturated heterocycles. The monoisotopic (exact) mass is 289 g/mol. The van der Waals surface area contributed by atoms with Crippen molar-refractivity contribution in [2.75, 3.05) is 7.11 Å². The molecule has 0 aliphatic rings. The van der Waals surface area contributed by atoms with Crippen LogP contribution < -0.4 is 4.74 Å². The molecule has 4 heteroatoms. The summed E-state index contributed by atoms with van der Waals surface area (Å²) in [6, 6.07) is 16.1. The summed E-state index contributed by atoms with van der Waals surface area (Å²) in [7, 11) is 3.68. The number of aromatic nitrogens is 3. The lowest BCUT2D eigenvalue weighted by Gasteiger charge is -2.03. The van der Waals surface area contributed by atoms with E-state index in [2.05, 4.69) is 21.7 Å². The lowest BCUT2D eigenvalue weighted by atomic mass is 10.1. The highest BCUT2D eigenvalue weighted by molar-refractivity contribution is 6.04. The topological polar surface area (TPSA) is 39.9 Å². The molecule has 0 aliphatic carbocycles. The first kappa shape index (κ1) is 12.8. The molecule has 0 radical (unpaired) electrons. The number of ether oxygens (including phenoxy) is 1. The number of hydrogen-bond donors (Lipinski definition) is 0. The summed E-state index contributed by atoms with van der Waals surface area (Å²) in [4.78, 5) is 9.43. The summed E-state index contributed by atoms with van der Waals surface area (Å²) in [5.74, 6) is 0.836. The first-order valence-electron chi connectivity index (χ1n) is 7.12. The van der Waals surface area contributed by atoms with E-state index in [0.29, 0.717) is 0 Å². The van der Waals surface area contributed by atoms with Gasteiger partial charge in [-0.2, -0.15) is 0 Å². The van der Waals surface area contributed by atoms with Crippen molar-refractivity contribution >= 4 is 22.1 Å². The van der Waals surface area contributed by atoms with E-state index in [4.69, 9.17) is 9.72 Å². The Bertz CT molecular complexity index is 971. The predicted octanol–water partition coefficient (Wildman–Crippen LogP) is 3.80. The molecule has 108 valence electrons. The van der Waals surface area contributed by atoms with Crippen molar-refractivity contribution in [3.8, 4) is 17.0 Å². The highest BCUT2D eigenvalue weighted by Gasteiger charge is 2.11. The molecule has 2 heterocycles. The van der Waals surface area contributed by atoms with E-state index in [-0.39, 0.29) is 0 Å². The molecule has 4 aromatic rings. The molecule has 2 aromatic carbocycles. The minimum atomic E-state index is 0.836. The van der Waals surface area contributed by atoms with Crippen molar-refractivity contribution in [3.05, 3.63) is 54.7 Å². The third-order valence-corrected chi connectivity index (χ3v) is 3.98. The zero-order valence-corrected chi connectivity index (χ0v) is 12.4. The Morgan fingerprint density at radius 3 is 2.55 bits per heavy atom. The predicted molar refractivity (Wildman–Crippen MR) is 88.0 cm³/mol. The summed E-state index contributed by atoms with van der Waals surface area (Å²) >= 11 is 0. The van der Waals surface area contributed by atoms with Crippen LogP contribution in [0.25, 0.3) is 33.3 Å². The Balaban J connectivity index is 1.94. The third kappa shape index (κ3) is 1.84. The average molecular weight is 289 g/mol. The number of benzene rings is 2. The van der Waals surface area contributed by atoms with Crippen molar-refractivity contribution in [1.29, 1.82) is 0 Å². The van der Waals surface area contributed by atoms with Gasteiger partial charge in [0.15, 0.2) is 5.65 Å². The van der Waals surface area contributed by atoms with Gasteiger partial charge in [-0.15, -0.1) is 0 Å². The molecule has 4 nitrogen and oxygen atoms in total. The summed E-state index contributed by atoms with van der Waals surface area (Å²) < 4.78 is 7.28. The van der Waals surface area contributed by atoms with E-state index in [1.165, 1.54) is 0 Å². The smallest absolute Gasteiger partial charge is 0.159 e. The molecule has 0 aliphatic heterocycles. The van der Waals surface area contributed by atoms with Crippen LogP contribution in [0, 0.1) is 0 Å². The summed E-state index contributed by atoms with van der Waals surface area (Å²) in [5.41, 5.74) is 4.88. The van der Waals surface area contributed by atoms with Crippen molar-refractivity contribution < 1.29 is 4.74 Å². The Morgan fingerprint density at radius 1 is 1.00 bits per heavy atom. The molecule has 0 unspecified atom stereocenters. The van der Waals surface area contributed by atoms with Gasteiger partial charge in [0.25, 0.3) is 0 Å². The number of hydrogen-bond acceptors (Lipinski definition) is 3.